The van der Waals surface area contributed by atoms with Crippen LogP contribution in [-0.2, 0) is 30.8 Å². The highest BCUT2D eigenvalue weighted by Gasteiger charge is 2.16. The molecule has 1 heterocycles. The molecule has 9 heteroatoms. The zero-order chi connectivity index (χ0) is 20.7. The molecule has 0 saturated heterocycles. The molecule has 0 aliphatic heterocycles. The van der Waals surface area contributed by atoms with Gasteiger partial charge >= 0.3 is 17.1 Å². The van der Waals surface area contributed by atoms with E-state index in [4.69, 9.17) is 0 Å². The van der Waals surface area contributed by atoms with Crippen LogP contribution in [0.5, 0.6) is 0 Å². The Morgan fingerprint density at radius 3 is 1.93 bits per heavy atom. The summed E-state index contributed by atoms with van der Waals surface area (Å²) < 4.78 is 15.2. The summed E-state index contributed by atoms with van der Waals surface area (Å²) in [6, 6.07) is 5.85. The number of benzene rings is 1. The molecule has 148 valence electrons. The summed E-state index contributed by atoms with van der Waals surface area (Å²) in [6.45, 7) is 6.49. The number of aromatic nitrogens is 3. The molecule has 0 atom stereocenters. The number of amides is 1. The number of nitrogens with zero attached hydrogens (tertiary/aromatic N) is 3. The maximum atomic E-state index is 12.9. The third-order valence-electron chi connectivity index (χ3n) is 3.96. The van der Waals surface area contributed by atoms with E-state index in [1.54, 1.807) is 12.1 Å². The average molecular weight is 388 g/mol. The summed E-state index contributed by atoms with van der Waals surface area (Å²) in [5.74, 6) is -0.909. The highest BCUT2D eigenvalue weighted by atomic mass is 19.1. The highest BCUT2D eigenvalue weighted by Crippen LogP contribution is 2.02. The SMILES string of the molecule is C=CCn1c(=O)n(CC=C)c(=O)n(CC(=O)NCCc2ccc(F)cc2)c1=O. The lowest BCUT2D eigenvalue weighted by Gasteiger charge is -2.12. The van der Waals surface area contributed by atoms with Gasteiger partial charge in [-0.2, -0.15) is 0 Å². The van der Waals surface area contributed by atoms with Gasteiger partial charge in [-0.15, -0.1) is 13.2 Å². The van der Waals surface area contributed by atoms with E-state index in [0.29, 0.717) is 11.0 Å². The van der Waals surface area contributed by atoms with Crippen molar-refractivity contribution < 1.29 is 9.18 Å². The molecule has 1 amide bonds. The number of halogens is 1. The first kappa shape index (κ1) is 20.8. The summed E-state index contributed by atoms with van der Waals surface area (Å²) in [5.41, 5.74) is -1.73. The summed E-state index contributed by atoms with van der Waals surface area (Å²) in [4.78, 5) is 49.3. The third kappa shape index (κ3) is 4.81. The van der Waals surface area contributed by atoms with Crippen LogP contribution < -0.4 is 22.4 Å². The molecule has 1 aromatic heterocycles. The predicted molar refractivity (Wildman–Crippen MR) is 103 cm³/mol. The van der Waals surface area contributed by atoms with Gasteiger partial charge in [0.25, 0.3) is 0 Å². The Kier molecular flexibility index (Phi) is 7.02. The lowest BCUT2D eigenvalue weighted by molar-refractivity contribution is -0.121. The zero-order valence-electron chi connectivity index (χ0n) is 15.3. The van der Waals surface area contributed by atoms with Crippen LogP contribution in [0.4, 0.5) is 4.39 Å². The van der Waals surface area contributed by atoms with Crippen molar-refractivity contribution in [3.05, 3.63) is 92.4 Å². The topological polar surface area (TPSA) is 95.1 Å². The van der Waals surface area contributed by atoms with Crippen LogP contribution in [0, 0.1) is 5.82 Å². The number of hydrogen-bond acceptors (Lipinski definition) is 4. The zero-order valence-corrected chi connectivity index (χ0v) is 15.3. The molecule has 0 spiro atoms. The van der Waals surface area contributed by atoms with Gasteiger partial charge in [-0.1, -0.05) is 24.3 Å². The molecule has 28 heavy (non-hydrogen) atoms. The second-order valence-corrected chi connectivity index (χ2v) is 5.96. The Morgan fingerprint density at radius 1 is 0.929 bits per heavy atom. The largest absolute Gasteiger partial charge is 0.354 e. The third-order valence-corrected chi connectivity index (χ3v) is 3.96. The van der Waals surface area contributed by atoms with Crippen molar-refractivity contribution in [3.8, 4) is 0 Å². The first-order chi connectivity index (χ1) is 13.4. The van der Waals surface area contributed by atoms with Gasteiger partial charge in [-0.05, 0) is 24.1 Å². The minimum atomic E-state index is -0.885. The van der Waals surface area contributed by atoms with E-state index in [1.807, 2.05) is 0 Å². The fourth-order valence-electron chi connectivity index (χ4n) is 2.59. The van der Waals surface area contributed by atoms with E-state index in [1.165, 1.54) is 24.3 Å². The van der Waals surface area contributed by atoms with Gasteiger partial charge < -0.3 is 5.32 Å². The first-order valence-electron chi connectivity index (χ1n) is 8.56. The molecule has 0 bridgehead atoms. The maximum absolute atomic E-state index is 12.9. The Bertz CT molecular complexity index is 999. The van der Waals surface area contributed by atoms with Gasteiger partial charge in [-0.3, -0.25) is 4.79 Å². The van der Waals surface area contributed by atoms with Gasteiger partial charge in [-0.25, -0.2) is 32.5 Å². The van der Waals surface area contributed by atoms with E-state index < -0.39 is 29.5 Å². The molecule has 0 fully saturated rings. The van der Waals surface area contributed by atoms with Crippen LogP contribution in [0.25, 0.3) is 0 Å². The molecular weight excluding hydrogens is 367 g/mol. The van der Waals surface area contributed by atoms with E-state index in [2.05, 4.69) is 18.5 Å². The molecule has 2 rings (SSSR count). The Labute approximate surface area is 159 Å². The second kappa shape index (κ2) is 9.45. The van der Waals surface area contributed by atoms with Crippen molar-refractivity contribution >= 4 is 5.91 Å². The number of rotatable bonds is 9. The van der Waals surface area contributed by atoms with Crippen LogP contribution in [0.15, 0.2) is 64.0 Å². The van der Waals surface area contributed by atoms with Gasteiger partial charge in [0.1, 0.15) is 12.4 Å². The van der Waals surface area contributed by atoms with Crippen LogP contribution in [0.1, 0.15) is 5.56 Å². The predicted octanol–water partition coefficient (Wildman–Crippen LogP) is 0.0417. The summed E-state index contributed by atoms with van der Waals surface area (Å²) in [5, 5.41) is 2.60. The van der Waals surface area contributed by atoms with E-state index in [-0.39, 0.29) is 25.5 Å². The number of hydrogen-bond donors (Lipinski definition) is 1. The molecule has 0 saturated carbocycles. The maximum Gasteiger partial charge on any atom is 0.337 e. The first-order valence-corrected chi connectivity index (χ1v) is 8.56. The molecule has 0 aliphatic carbocycles. The molecular formula is C19H21FN4O4. The second-order valence-electron chi connectivity index (χ2n) is 5.96. The minimum absolute atomic E-state index is 0.0960. The van der Waals surface area contributed by atoms with Crippen molar-refractivity contribution in [2.24, 2.45) is 0 Å². The lowest BCUT2D eigenvalue weighted by atomic mass is 10.1. The van der Waals surface area contributed by atoms with Crippen molar-refractivity contribution in [2.45, 2.75) is 26.1 Å². The van der Waals surface area contributed by atoms with E-state index in [9.17, 15) is 23.6 Å². The number of nitrogens with one attached hydrogen (secondary N) is 1. The van der Waals surface area contributed by atoms with Gasteiger partial charge in [0.2, 0.25) is 5.91 Å². The van der Waals surface area contributed by atoms with Crippen LogP contribution in [0.2, 0.25) is 0 Å². The van der Waals surface area contributed by atoms with Crippen LogP contribution in [-0.4, -0.2) is 26.2 Å². The van der Waals surface area contributed by atoms with Crippen molar-refractivity contribution in [3.63, 3.8) is 0 Å². The van der Waals surface area contributed by atoms with Gasteiger partial charge in [0, 0.05) is 6.54 Å². The smallest absolute Gasteiger partial charge is 0.337 e. The Morgan fingerprint density at radius 2 is 1.43 bits per heavy atom. The van der Waals surface area contributed by atoms with Crippen molar-refractivity contribution in [2.75, 3.05) is 6.54 Å². The van der Waals surface area contributed by atoms with Crippen molar-refractivity contribution in [1.29, 1.82) is 0 Å². The standard InChI is InChI=1S/C19H21FN4O4/c1-3-11-22-17(26)23(12-4-2)19(28)24(18(22)27)13-16(25)21-10-9-14-5-7-15(20)8-6-14/h3-8H,1-2,9-13H2,(H,21,25). The van der Waals surface area contributed by atoms with Crippen molar-refractivity contribution in [1.82, 2.24) is 19.0 Å². The minimum Gasteiger partial charge on any atom is -0.354 e. The van der Waals surface area contributed by atoms with E-state index >= 15 is 0 Å². The normalized spacial score (nSPS) is 10.5. The van der Waals surface area contributed by atoms with E-state index in [0.717, 1.165) is 14.7 Å². The Hall–Kier alpha value is -3.49. The number of allylic oxidation sites excluding steroid dienone is 2. The molecule has 1 N–H and O–H groups in total. The number of carbonyl (C=O) groups excluding carboxylic acids is 1. The van der Waals surface area contributed by atoms with Crippen LogP contribution >= 0.6 is 0 Å². The molecule has 0 radical (unpaired) electrons. The van der Waals surface area contributed by atoms with Gasteiger partial charge in [0.15, 0.2) is 0 Å². The Balaban J connectivity index is 2.18. The monoisotopic (exact) mass is 388 g/mol. The number of carbonyl (C=O) groups is 1. The summed E-state index contributed by atoms with van der Waals surface area (Å²) in [7, 11) is 0. The molecule has 0 aliphatic rings. The average Bonchev–Trinajstić information content (AvgIpc) is 2.67. The highest BCUT2D eigenvalue weighted by molar-refractivity contribution is 5.75. The summed E-state index contributed by atoms with van der Waals surface area (Å²) in [6.07, 6.45) is 3.15. The lowest BCUT2D eigenvalue weighted by Crippen LogP contribution is -2.55. The summed E-state index contributed by atoms with van der Waals surface area (Å²) >= 11 is 0. The van der Waals surface area contributed by atoms with Gasteiger partial charge in [0.05, 0.1) is 13.1 Å². The molecule has 0 unspecified atom stereocenters. The molecule has 8 nitrogen and oxygen atoms in total. The molecule has 2 aromatic rings. The fraction of sp³-hybridized carbons (Fsp3) is 0.263. The fourth-order valence-corrected chi connectivity index (χ4v) is 2.59. The van der Waals surface area contributed by atoms with Crippen LogP contribution in [0.3, 0.4) is 0 Å². The quantitative estimate of drug-likeness (QED) is 0.614. The molecule has 1 aromatic carbocycles.